The fourth-order valence-electron chi connectivity index (χ4n) is 7.08. The van der Waals surface area contributed by atoms with Crippen molar-refractivity contribution in [1.82, 2.24) is 21.3 Å². The largest absolute Gasteiger partial charge is 0.391 e. The molecule has 53 heavy (non-hydrogen) atoms. The molecule has 0 aliphatic carbocycles. The van der Waals surface area contributed by atoms with Gasteiger partial charge in [-0.25, -0.2) is 0 Å². The molecule has 312 valence electrons. The van der Waals surface area contributed by atoms with Crippen molar-refractivity contribution in [1.29, 1.82) is 0 Å². The maximum absolute atomic E-state index is 12.7. The first-order chi connectivity index (χ1) is 25.7. The summed E-state index contributed by atoms with van der Waals surface area (Å²) in [5, 5.41) is 65.5. The Bertz CT molecular complexity index is 946. The van der Waals surface area contributed by atoms with Crippen molar-refractivity contribution >= 4 is 5.91 Å². The van der Waals surface area contributed by atoms with E-state index in [4.69, 9.17) is 9.47 Å². The van der Waals surface area contributed by atoms with Crippen LogP contribution in [0.15, 0.2) is 11.9 Å². The smallest absolute Gasteiger partial charge is 0.220 e. The average molecular weight is 759 g/mol. The first kappa shape index (κ1) is 47.6. The van der Waals surface area contributed by atoms with Crippen LogP contribution in [0.4, 0.5) is 0 Å². The highest BCUT2D eigenvalue weighted by atomic mass is 16.7. The Kier molecular flexibility index (Phi) is 26.7. The molecule has 0 bridgehead atoms. The van der Waals surface area contributed by atoms with E-state index in [0.29, 0.717) is 12.1 Å². The molecule has 0 saturated carbocycles. The molecule has 9 N–H and O–H groups in total. The lowest BCUT2D eigenvalue weighted by atomic mass is 9.98. The number of aliphatic hydroxyl groups is 6. The van der Waals surface area contributed by atoms with E-state index in [2.05, 4.69) is 23.2 Å². The van der Waals surface area contributed by atoms with Gasteiger partial charge in [0.25, 0.3) is 0 Å². The third kappa shape index (κ3) is 20.8. The van der Waals surface area contributed by atoms with E-state index in [-0.39, 0.29) is 32.1 Å². The minimum atomic E-state index is -1.59. The van der Waals surface area contributed by atoms with Gasteiger partial charge in [0.2, 0.25) is 5.91 Å². The van der Waals surface area contributed by atoms with Crippen molar-refractivity contribution in [2.24, 2.45) is 0 Å². The molecular formula is C40H78N4O9. The van der Waals surface area contributed by atoms with Crippen LogP contribution in [0.1, 0.15) is 168 Å². The minimum Gasteiger partial charge on any atom is -0.391 e. The van der Waals surface area contributed by atoms with Crippen LogP contribution in [0.25, 0.3) is 0 Å². The summed E-state index contributed by atoms with van der Waals surface area (Å²) in [6.07, 6.45) is 22.4. The number of nitrogens with one attached hydrogen (secondary N) is 3. The average Bonchev–Trinajstić information content (AvgIpc) is 3.61. The molecule has 2 rings (SSSR count). The molecule has 0 aromatic heterocycles. The Morgan fingerprint density at radius 1 is 0.774 bits per heavy atom. The molecule has 0 spiro atoms. The first-order valence-corrected chi connectivity index (χ1v) is 21.2. The Morgan fingerprint density at radius 3 is 1.68 bits per heavy atom. The normalized spacial score (nSPS) is 23.4. The van der Waals surface area contributed by atoms with Gasteiger partial charge in [0, 0.05) is 12.6 Å². The molecule has 13 heteroatoms. The third-order valence-corrected chi connectivity index (χ3v) is 10.6. The van der Waals surface area contributed by atoms with Crippen molar-refractivity contribution < 1.29 is 44.9 Å². The number of carbonyl (C=O) groups excluding carboxylic acids is 1. The Balaban J connectivity index is 1.50. The molecule has 1 amide bonds. The van der Waals surface area contributed by atoms with Gasteiger partial charge in [-0.15, -0.1) is 5.53 Å². The summed E-state index contributed by atoms with van der Waals surface area (Å²) in [5.41, 5.74) is 6.00. The van der Waals surface area contributed by atoms with Crippen molar-refractivity contribution in [2.45, 2.75) is 217 Å². The molecule has 0 radical (unpaired) electrons. The number of aliphatic hydroxyl groups excluding tert-OH is 6. The van der Waals surface area contributed by atoms with Gasteiger partial charge in [-0.3, -0.25) is 9.80 Å². The fourth-order valence-corrected chi connectivity index (χ4v) is 7.08. The van der Waals surface area contributed by atoms with Crippen LogP contribution in [-0.4, -0.2) is 110 Å². The molecule has 2 aliphatic rings. The number of hydrazine groups is 2. The molecule has 0 aromatic rings. The van der Waals surface area contributed by atoms with Gasteiger partial charge >= 0.3 is 0 Å². The summed E-state index contributed by atoms with van der Waals surface area (Å²) >= 11 is 0. The van der Waals surface area contributed by atoms with E-state index in [1.54, 1.807) is 6.20 Å². The second-order valence-electron chi connectivity index (χ2n) is 15.5. The number of rotatable bonds is 33. The SMILES string of the molecule is CCCCCCCCCCCCCCCCCCCCCCCCCC(=O)N[C@@H](CO[C@H]1OC(CN2C=C(CO)NN2)[C@H](O)C(O)[C@H]1O)[C@H](O)[C@@H](C)O. The Labute approximate surface area is 320 Å². The standard InChI is InChI=1S/C40H78N4O9/c1-3-4-5-6-7-8-9-10-11-12-13-14-15-16-17-18-19-20-21-22-23-24-25-26-35(47)41-33(36(48)31(2)46)30-52-40-39(51)38(50)37(49)34(53-40)28-44-27-32(29-45)42-43-44/h27,31,33-34,36-40,42-43,45-46,48-51H,3-26,28-30H2,1-2H3,(H,41,47)/t31-,33+,34?,36-,37+,38?,39-,40+/m1/s1. The van der Waals surface area contributed by atoms with Crippen LogP contribution in [0.5, 0.6) is 0 Å². The van der Waals surface area contributed by atoms with Crippen molar-refractivity contribution in [3.05, 3.63) is 11.9 Å². The zero-order valence-electron chi connectivity index (χ0n) is 33.1. The molecule has 13 nitrogen and oxygen atoms in total. The molecule has 8 atom stereocenters. The number of ether oxygens (including phenoxy) is 2. The number of hydrogen-bond acceptors (Lipinski definition) is 12. The second-order valence-corrected chi connectivity index (χ2v) is 15.5. The summed E-state index contributed by atoms with van der Waals surface area (Å²) in [6.45, 7) is 3.17. The van der Waals surface area contributed by atoms with Gasteiger partial charge in [0.15, 0.2) is 6.29 Å². The topological polar surface area (TPSA) is 196 Å². The fraction of sp³-hybridized carbons (Fsp3) is 0.925. The molecule has 2 aliphatic heterocycles. The van der Waals surface area contributed by atoms with Gasteiger partial charge in [-0.2, -0.15) is 0 Å². The van der Waals surface area contributed by atoms with Gasteiger partial charge in [0.05, 0.1) is 37.6 Å². The predicted octanol–water partition coefficient (Wildman–Crippen LogP) is 4.58. The van der Waals surface area contributed by atoms with E-state index < -0.39 is 49.0 Å². The molecule has 1 fully saturated rings. The van der Waals surface area contributed by atoms with Crippen LogP contribution in [0.3, 0.4) is 0 Å². The van der Waals surface area contributed by atoms with Gasteiger partial charge < -0.3 is 50.9 Å². The van der Waals surface area contributed by atoms with Crippen molar-refractivity contribution in [3.8, 4) is 0 Å². The molecular weight excluding hydrogens is 680 g/mol. The summed E-state index contributed by atoms with van der Waals surface area (Å²) < 4.78 is 11.4. The summed E-state index contributed by atoms with van der Waals surface area (Å²) in [4.78, 5) is 12.7. The van der Waals surface area contributed by atoms with Crippen LogP contribution in [0, 0.1) is 0 Å². The second kappa shape index (κ2) is 29.7. The van der Waals surface area contributed by atoms with E-state index in [1.165, 1.54) is 134 Å². The number of amides is 1. The first-order valence-electron chi connectivity index (χ1n) is 21.2. The molecule has 2 unspecified atom stereocenters. The zero-order valence-corrected chi connectivity index (χ0v) is 33.1. The van der Waals surface area contributed by atoms with Crippen LogP contribution < -0.4 is 16.3 Å². The Hall–Kier alpha value is -1.55. The number of hydrogen-bond donors (Lipinski definition) is 9. The van der Waals surface area contributed by atoms with Gasteiger partial charge in [-0.1, -0.05) is 148 Å². The maximum atomic E-state index is 12.7. The Morgan fingerprint density at radius 2 is 1.25 bits per heavy atom. The minimum absolute atomic E-state index is 0.0390. The van der Waals surface area contributed by atoms with Crippen LogP contribution in [0.2, 0.25) is 0 Å². The van der Waals surface area contributed by atoms with Crippen molar-refractivity contribution in [2.75, 3.05) is 19.8 Å². The lowest BCUT2D eigenvalue weighted by molar-refractivity contribution is -0.300. The zero-order chi connectivity index (χ0) is 38.7. The molecule has 0 aromatic carbocycles. The number of carbonyl (C=O) groups is 1. The number of nitrogens with zero attached hydrogens (tertiary/aromatic N) is 1. The van der Waals surface area contributed by atoms with E-state index in [9.17, 15) is 35.4 Å². The maximum Gasteiger partial charge on any atom is 0.220 e. The van der Waals surface area contributed by atoms with E-state index in [1.807, 2.05) is 0 Å². The lowest BCUT2D eigenvalue weighted by Crippen LogP contribution is -2.61. The van der Waals surface area contributed by atoms with Crippen LogP contribution in [-0.2, 0) is 14.3 Å². The quantitative estimate of drug-likeness (QED) is 0.0424. The number of unbranched alkanes of at least 4 members (excludes halogenated alkanes) is 22. The third-order valence-electron chi connectivity index (χ3n) is 10.6. The monoisotopic (exact) mass is 759 g/mol. The van der Waals surface area contributed by atoms with Gasteiger partial charge in [0.1, 0.15) is 30.5 Å². The highest BCUT2D eigenvalue weighted by Crippen LogP contribution is 2.24. The highest BCUT2D eigenvalue weighted by Gasteiger charge is 2.45. The molecule has 1 saturated heterocycles. The summed E-state index contributed by atoms with van der Waals surface area (Å²) in [5.74, 6) is -0.278. The van der Waals surface area contributed by atoms with Crippen molar-refractivity contribution in [3.63, 3.8) is 0 Å². The van der Waals surface area contributed by atoms with E-state index >= 15 is 0 Å². The van der Waals surface area contributed by atoms with Crippen LogP contribution >= 0.6 is 0 Å². The summed E-state index contributed by atoms with van der Waals surface area (Å²) in [7, 11) is 0. The van der Waals surface area contributed by atoms with E-state index in [0.717, 1.165) is 19.3 Å². The van der Waals surface area contributed by atoms with Gasteiger partial charge in [-0.05, 0) is 13.3 Å². The molecule has 2 heterocycles. The summed E-state index contributed by atoms with van der Waals surface area (Å²) in [6, 6.07) is -0.996. The lowest BCUT2D eigenvalue weighted by Gasteiger charge is -2.41. The highest BCUT2D eigenvalue weighted by molar-refractivity contribution is 5.76. The predicted molar refractivity (Wildman–Crippen MR) is 207 cm³/mol.